The van der Waals surface area contributed by atoms with E-state index >= 15 is 0 Å². The average molecular weight is 1090 g/mol. The average Bonchev–Trinajstić information content (AvgIpc) is 3.45. The van der Waals surface area contributed by atoms with E-state index in [-0.39, 0.29) is 31.6 Å². The Hall–Kier alpha value is -4.45. The molecule has 0 fully saturated rings. The number of hydrogen-bond acceptors (Lipinski definition) is 6. The van der Waals surface area contributed by atoms with Gasteiger partial charge in [-0.1, -0.05) is 289 Å². The van der Waals surface area contributed by atoms with Crippen molar-refractivity contribution in [1.29, 1.82) is 0 Å². The highest BCUT2D eigenvalue weighted by Crippen LogP contribution is 2.16. The second kappa shape index (κ2) is 66.1. The summed E-state index contributed by atoms with van der Waals surface area (Å²) >= 11 is 0. The molecule has 0 amide bonds. The summed E-state index contributed by atoms with van der Waals surface area (Å²) in [5.41, 5.74) is 0. The van der Waals surface area contributed by atoms with Gasteiger partial charge in [-0.3, -0.25) is 14.4 Å². The molecule has 0 rings (SSSR count). The number of carbonyl (C=O) groups excluding carboxylic acids is 3. The molecule has 0 aromatic carbocycles. The number of esters is 3. The predicted octanol–water partition coefficient (Wildman–Crippen LogP) is 22.5. The zero-order chi connectivity index (χ0) is 57.1. The van der Waals surface area contributed by atoms with E-state index in [0.717, 1.165) is 103 Å². The van der Waals surface area contributed by atoms with Gasteiger partial charge in [0.05, 0.1) is 6.42 Å². The lowest BCUT2D eigenvalue weighted by Crippen LogP contribution is -2.30. The van der Waals surface area contributed by atoms with E-state index in [9.17, 15) is 14.4 Å². The van der Waals surface area contributed by atoms with Crippen molar-refractivity contribution in [1.82, 2.24) is 0 Å². The third-order valence-corrected chi connectivity index (χ3v) is 13.7. The first kappa shape index (κ1) is 74.5. The van der Waals surface area contributed by atoms with Crippen molar-refractivity contribution in [2.75, 3.05) is 13.2 Å². The summed E-state index contributed by atoms with van der Waals surface area (Å²) in [7, 11) is 0. The summed E-state index contributed by atoms with van der Waals surface area (Å²) in [5, 5.41) is 0. The fourth-order valence-electron chi connectivity index (χ4n) is 8.83. The van der Waals surface area contributed by atoms with Gasteiger partial charge >= 0.3 is 17.9 Å². The molecule has 0 bridgehead atoms. The topological polar surface area (TPSA) is 78.9 Å². The van der Waals surface area contributed by atoms with Crippen molar-refractivity contribution in [2.45, 2.75) is 297 Å². The Kier molecular flexibility index (Phi) is 62.3. The number of hydrogen-bond donors (Lipinski definition) is 0. The standard InChI is InChI=1S/C73H120O6/c1-4-7-10-13-16-19-22-25-27-28-29-30-31-32-33-34-35-36-37-38-39-40-41-42-43-44-46-48-51-54-57-60-63-66-72(75)78-69-70(68-77-71(74)65-62-59-56-53-50-47-24-21-18-15-12-9-6-3)79-73(76)67-64-61-58-55-52-49-45-26-23-20-17-14-11-8-5-2/h8-9,11-12,17-18,20-22,25-26,28-29,31-32,45,47,50,52,55,61,64,70H,4-7,10,13-16,19,23-24,27,30,33-44,46,48-49,51,53-54,56-60,62-63,65-69H2,1-3H3/b11-8-,12-9-,20-17-,21-18-,25-22-,29-28-,32-31-,45-26-,50-47-,55-52-,64-61-. The molecule has 448 valence electrons. The van der Waals surface area contributed by atoms with Gasteiger partial charge in [-0.2, -0.15) is 0 Å². The van der Waals surface area contributed by atoms with Crippen LogP contribution < -0.4 is 0 Å². The van der Waals surface area contributed by atoms with Crippen molar-refractivity contribution in [3.63, 3.8) is 0 Å². The maximum Gasteiger partial charge on any atom is 0.310 e. The largest absolute Gasteiger partial charge is 0.462 e. The fraction of sp³-hybridized carbons (Fsp3) is 0.658. The van der Waals surface area contributed by atoms with Crippen LogP contribution in [0.2, 0.25) is 0 Å². The van der Waals surface area contributed by atoms with Gasteiger partial charge in [0, 0.05) is 12.8 Å². The Morgan fingerprint density at radius 2 is 0.532 bits per heavy atom. The quantitative estimate of drug-likeness (QED) is 0.0261. The summed E-state index contributed by atoms with van der Waals surface area (Å²) in [6, 6.07) is 0. The third kappa shape index (κ3) is 64.3. The minimum atomic E-state index is -0.848. The summed E-state index contributed by atoms with van der Waals surface area (Å²) in [6.07, 6.45) is 93.7. The van der Waals surface area contributed by atoms with Gasteiger partial charge in [-0.15, -0.1) is 0 Å². The molecule has 1 atom stereocenters. The van der Waals surface area contributed by atoms with E-state index < -0.39 is 12.1 Å². The lowest BCUT2D eigenvalue weighted by molar-refractivity contribution is -0.166. The molecule has 0 N–H and O–H groups in total. The molecule has 6 heteroatoms. The zero-order valence-electron chi connectivity index (χ0n) is 51.3. The maximum atomic E-state index is 12.8. The summed E-state index contributed by atoms with van der Waals surface area (Å²) in [6.45, 7) is 6.30. The normalized spacial score (nSPS) is 13.0. The molecule has 0 saturated heterocycles. The van der Waals surface area contributed by atoms with Crippen molar-refractivity contribution >= 4 is 17.9 Å². The van der Waals surface area contributed by atoms with E-state index in [4.69, 9.17) is 14.2 Å². The van der Waals surface area contributed by atoms with Gasteiger partial charge in [0.1, 0.15) is 13.2 Å². The monoisotopic (exact) mass is 1090 g/mol. The highest BCUT2D eigenvalue weighted by molar-refractivity contribution is 5.72. The number of rotatable bonds is 58. The van der Waals surface area contributed by atoms with Gasteiger partial charge in [-0.25, -0.2) is 0 Å². The van der Waals surface area contributed by atoms with Crippen LogP contribution >= 0.6 is 0 Å². The summed E-state index contributed by atoms with van der Waals surface area (Å²) in [4.78, 5) is 38.1. The molecule has 0 aliphatic heterocycles. The molecule has 79 heavy (non-hydrogen) atoms. The molecular formula is C73H120O6. The van der Waals surface area contributed by atoms with Crippen molar-refractivity contribution in [2.24, 2.45) is 0 Å². The summed E-state index contributed by atoms with van der Waals surface area (Å²) in [5.74, 6) is -1.09. The van der Waals surface area contributed by atoms with Crippen LogP contribution in [0.5, 0.6) is 0 Å². The SMILES string of the molecule is CC/C=C\C/C=C\C/C=C\C/C=C\C/C=C\CC(=O)OC(COC(=O)CCCCC/C=C\C/C=C\C/C=C\CC)COC(=O)CCCCCCCCCCCCCCCCCCCC/C=C\C/C=C\C/C=C\CCCCCCC. The van der Waals surface area contributed by atoms with E-state index in [0.29, 0.717) is 19.3 Å². The van der Waals surface area contributed by atoms with Crippen molar-refractivity contribution in [3.8, 4) is 0 Å². The van der Waals surface area contributed by atoms with Crippen molar-refractivity contribution < 1.29 is 28.6 Å². The first-order valence-electron chi connectivity index (χ1n) is 32.7. The highest BCUT2D eigenvalue weighted by atomic mass is 16.6. The molecular weight excluding hydrogens is 973 g/mol. The Balaban J connectivity index is 4.23. The van der Waals surface area contributed by atoms with Crippen molar-refractivity contribution in [3.05, 3.63) is 134 Å². The van der Waals surface area contributed by atoms with Crippen LogP contribution in [0.1, 0.15) is 290 Å². The zero-order valence-corrected chi connectivity index (χ0v) is 51.3. The van der Waals surface area contributed by atoms with Crippen LogP contribution in [0.3, 0.4) is 0 Å². The maximum absolute atomic E-state index is 12.8. The molecule has 0 saturated carbocycles. The molecule has 1 unspecified atom stereocenters. The highest BCUT2D eigenvalue weighted by Gasteiger charge is 2.19. The Morgan fingerprint density at radius 3 is 0.848 bits per heavy atom. The van der Waals surface area contributed by atoms with E-state index in [1.54, 1.807) is 6.08 Å². The molecule has 0 aromatic rings. The fourth-order valence-corrected chi connectivity index (χ4v) is 8.83. The first-order chi connectivity index (χ1) is 39.0. The molecule has 6 nitrogen and oxygen atoms in total. The molecule has 0 heterocycles. The van der Waals surface area contributed by atoms with Gasteiger partial charge < -0.3 is 14.2 Å². The lowest BCUT2D eigenvalue weighted by atomic mass is 10.0. The first-order valence-corrected chi connectivity index (χ1v) is 32.7. The Morgan fingerprint density at radius 1 is 0.278 bits per heavy atom. The minimum absolute atomic E-state index is 0.0869. The van der Waals surface area contributed by atoms with E-state index in [2.05, 4.69) is 142 Å². The summed E-state index contributed by atoms with van der Waals surface area (Å²) < 4.78 is 16.7. The molecule has 0 radical (unpaired) electrons. The Bertz CT molecular complexity index is 1680. The number of allylic oxidation sites excluding steroid dienone is 21. The second-order valence-electron chi connectivity index (χ2n) is 21.3. The molecule has 0 spiro atoms. The lowest BCUT2D eigenvalue weighted by Gasteiger charge is -2.18. The smallest absolute Gasteiger partial charge is 0.310 e. The van der Waals surface area contributed by atoms with Crippen LogP contribution in [0.4, 0.5) is 0 Å². The van der Waals surface area contributed by atoms with Gasteiger partial charge in [-0.05, 0) is 116 Å². The van der Waals surface area contributed by atoms with E-state index in [1.165, 1.54) is 141 Å². The van der Waals surface area contributed by atoms with Crippen LogP contribution in [0, 0.1) is 0 Å². The van der Waals surface area contributed by atoms with Crippen LogP contribution in [0.15, 0.2) is 134 Å². The van der Waals surface area contributed by atoms with E-state index in [1.807, 2.05) is 6.08 Å². The third-order valence-electron chi connectivity index (χ3n) is 13.7. The van der Waals surface area contributed by atoms with Crippen LogP contribution in [-0.4, -0.2) is 37.2 Å². The van der Waals surface area contributed by atoms with Gasteiger partial charge in [0.15, 0.2) is 6.10 Å². The molecule has 0 aliphatic rings. The number of carbonyl (C=O) groups is 3. The van der Waals surface area contributed by atoms with Gasteiger partial charge in [0.25, 0.3) is 0 Å². The number of unbranched alkanes of at least 4 members (excludes halogenated alkanes) is 26. The Labute approximate surface area is 487 Å². The van der Waals surface area contributed by atoms with Crippen LogP contribution in [0.25, 0.3) is 0 Å². The predicted molar refractivity (Wildman–Crippen MR) is 343 cm³/mol. The molecule has 0 aromatic heterocycles. The number of ether oxygens (including phenoxy) is 3. The second-order valence-corrected chi connectivity index (χ2v) is 21.3. The van der Waals surface area contributed by atoms with Gasteiger partial charge in [0.2, 0.25) is 0 Å². The minimum Gasteiger partial charge on any atom is -0.462 e. The van der Waals surface area contributed by atoms with Crippen LogP contribution in [-0.2, 0) is 28.6 Å². The molecule has 0 aliphatic carbocycles.